The zero-order valence-electron chi connectivity index (χ0n) is 9.72. The molecular weight excluding hydrogens is 302 g/mol. The van der Waals surface area contributed by atoms with Crippen LogP contribution in [0.15, 0.2) is 22.7 Å². The standard InChI is InChI=1S/C13H13BrF2N2/c14-9-1-2-10-11(7-9)18-12(17-10)8-3-5-13(15,16)6-4-8/h1-2,7-8H,3-6H2,(H,17,18). The molecule has 1 aliphatic rings. The quantitative estimate of drug-likeness (QED) is 0.817. The number of alkyl halides is 2. The summed E-state index contributed by atoms with van der Waals surface area (Å²) in [7, 11) is 0. The second-order valence-electron chi connectivity index (χ2n) is 4.91. The third-order valence-electron chi connectivity index (χ3n) is 3.57. The molecule has 1 saturated carbocycles. The average molecular weight is 315 g/mol. The minimum atomic E-state index is -2.48. The molecule has 0 unspecified atom stereocenters. The van der Waals surface area contributed by atoms with Gasteiger partial charge in [0.05, 0.1) is 11.0 Å². The van der Waals surface area contributed by atoms with E-state index in [1.54, 1.807) is 0 Å². The number of hydrogen-bond acceptors (Lipinski definition) is 1. The molecule has 0 atom stereocenters. The minimum Gasteiger partial charge on any atom is -0.342 e. The van der Waals surface area contributed by atoms with Crippen LogP contribution in [0.5, 0.6) is 0 Å². The fourth-order valence-electron chi connectivity index (χ4n) is 2.51. The van der Waals surface area contributed by atoms with Crippen molar-refractivity contribution in [3.05, 3.63) is 28.5 Å². The monoisotopic (exact) mass is 314 g/mol. The molecule has 2 aromatic rings. The van der Waals surface area contributed by atoms with Crippen molar-refractivity contribution in [2.24, 2.45) is 0 Å². The number of aromatic nitrogens is 2. The number of fused-ring (bicyclic) bond motifs is 1. The van der Waals surface area contributed by atoms with Gasteiger partial charge in [0.2, 0.25) is 5.92 Å². The van der Waals surface area contributed by atoms with Gasteiger partial charge in [-0.05, 0) is 31.0 Å². The maximum Gasteiger partial charge on any atom is 0.248 e. The lowest BCUT2D eigenvalue weighted by Crippen LogP contribution is -2.24. The van der Waals surface area contributed by atoms with Crippen LogP contribution >= 0.6 is 15.9 Å². The molecule has 0 spiro atoms. The average Bonchev–Trinajstić information content (AvgIpc) is 2.71. The number of H-pyrrole nitrogens is 1. The number of halogens is 3. The maximum atomic E-state index is 13.1. The van der Waals surface area contributed by atoms with Gasteiger partial charge in [0.25, 0.3) is 0 Å². The Balaban J connectivity index is 1.87. The molecule has 3 rings (SSSR count). The molecule has 0 radical (unpaired) electrons. The second kappa shape index (κ2) is 4.30. The van der Waals surface area contributed by atoms with Crippen molar-refractivity contribution in [2.45, 2.75) is 37.5 Å². The molecule has 0 amide bonds. The second-order valence-corrected chi connectivity index (χ2v) is 5.83. The molecule has 96 valence electrons. The van der Waals surface area contributed by atoms with Gasteiger partial charge in [-0.3, -0.25) is 0 Å². The van der Waals surface area contributed by atoms with Gasteiger partial charge in [-0.1, -0.05) is 15.9 Å². The van der Waals surface area contributed by atoms with Gasteiger partial charge in [0, 0.05) is 23.2 Å². The van der Waals surface area contributed by atoms with Crippen molar-refractivity contribution >= 4 is 27.0 Å². The van der Waals surface area contributed by atoms with Crippen LogP contribution < -0.4 is 0 Å². The molecule has 0 saturated heterocycles. The zero-order valence-corrected chi connectivity index (χ0v) is 11.3. The number of nitrogens with one attached hydrogen (secondary N) is 1. The van der Waals surface area contributed by atoms with E-state index < -0.39 is 5.92 Å². The lowest BCUT2D eigenvalue weighted by molar-refractivity contribution is -0.0387. The smallest absolute Gasteiger partial charge is 0.248 e. The molecule has 5 heteroatoms. The van der Waals surface area contributed by atoms with Crippen molar-refractivity contribution < 1.29 is 8.78 Å². The summed E-state index contributed by atoms with van der Waals surface area (Å²) in [5.74, 6) is -1.50. The highest BCUT2D eigenvalue weighted by Crippen LogP contribution is 2.40. The fourth-order valence-corrected chi connectivity index (χ4v) is 2.87. The molecule has 1 aromatic carbocycles. The van der Waals surface area contributed by atoms with Gasteiger partial charge in [-0.15, -0.1) is 0 Å². The molecule has 18 heavy (non-hydrogen) atoms. The number of hydrogen-bond donors (Lipinski definition) is 1. The highest BCUT2D eigenvalue weighted by atomic mass is 79.9. The van der Waals surface area contributed by atoms with E-state index in [9.17, 15) is 8.78 Å². The van der Waals surface area contributed by atoms with Crippen molar-refractivity contribution in [3.8, 4) is 0 Å². The van der Waals surface area contributed by atoms with Crippen LogP contribution in [0.25, 0.3) is 11.0 Å². The van der Waals surface area contributed by atoms with Crippen molar-refractivity contribution in [2.75, 3.05) is 0 Å². The first-order valence-electron chi connectivity index (χ1n) is 6.06. The summed E-state index contributed by atoms with van der Waals surface area (Å²) >= 11 is 3.41. The fraction of sp³-hybridized carbons (Fsp3) is 0.462. The lowest BCUT2D eigenvalue weighted by Gasteiger charge is -2.26. The van der Waals surface area contributed by atoms with E-state index in [2.05, 4.69) is 25.9 Å². The number of aromatic amines is 1. The Kier molecular flexibility index (Phi) is 2.88. The Morgan fingerprint density at radius 3 is 2.72 bits per heavy atom. The van der Waals surface area contributed by atoms with Crippen LogP contribution in [-0.4, -0.2) is 15.9 Å². The van der Waals surface area contributed by atoms with Gasteiger partial charge < -0.3 is 4.98 Å². The van der Waals surface area contributed by atoms with E-state index in [-0.39, 0.29) is 18.8 Å². The van der Waals surface area contributed by atoms with Gasteiger partial charge in [-0.25, -0.2) is 13.8 Å². The summed E-state index contributed by atoms with van der Waals surface area (Å²) in [6.07, 6.45) is 0.957. The molecule has 1 fully saturated rings. The van der Waals surface area contributed by atoms with E-state index in [0.717, 1.165) is 21.3 Å². The normalized spacial score (nSPS) is 20.4. The van der Waals surface area contributed by atoms with Crippen molar-refractivity contribution in [1.82, 2.24) is 9.97 Å². The topological polar surface area (TPSA) is 28.7 Å². The van der Waals surface area contributed by atoms with E-state index >= 15 is 0 Å². The first-order valence-corrected chi connectivity index (χ1v) is 6.86. The van der Waals surface area contributed by atoms with Gasteiger partial charge in [0.1, 0.15) is 5.82 Å². The van der Waals surface area contributed by atoms with E-state index in [1.807, 2.05) is 18.2 Å². The van der Waals surface area contributed by atoms with Crippen LogP contribution in [0.1, 0.15) is 37.4 Å². The first kappa shape index (κ1) is 12.1. The summed E-state index contributed by atoms with van der Waals surface area (Å²) in [4.78, 5) is 7.75. The van der Waals surface area contributed by atoms with Crippen LogP contribution in [0.4, 0.5) is 8.78 Å². The Morgan fingerprint density at radius 1 is 1.28 bits per heavy atom. The molecule has 0 aliphatic heterocycles. The van der Waals surface area contributed by atoms with Crippen molar-refractivity contribution in [3.63, 3.8) is 0 Å². The van der Waals surface area contributed by atoms with E-state index in [4.69, 9.17) is 0 Å². The van der Waals surface area contributed by atoms with Crippen LogP contribution in [0.3, 0.4) is 0 Å². The molecule has 2 nitrogen and oxygen atoms in total. The number of benzene rings is 1. The van der Waals surface area contributed by atoms with Gasteiger partial charge in [-0.2, -0.15) is 0 Å². The third-order valence-corrected chi connectivity index (χ3v) is 4.06. The summed E-state index contributed by atoms with van der Waals surface area (Å²) in [6.45, 7) is 0. The number of imidazole rings is 1. The van der Waals surface area contributed by atoms with Gasteiger partial charge >= 0.3 is 0 Å². The van der Waals surface area contributed by atoms with Crippen molar-refractivity contribution in [1.29, 1.82) is 0 Å². The molecular formula is C13H13BrF2N2. The SMILES string of the molecule is FC1(F)CCC(c2nc3ccc(Br)cc3[nH]2)CC1. The van der Waals surface area contributed by atoms with Crippen LogP contribution in [0.2, 0.25) is 0 Å². The maximum absolute atomic E-state index is 13.1. The Bertz CT molecular complexity index is 569. The highest BCUT2D eigenvalue weighted by Gasteiger charge is 2.36. The predicted octanol–water partition coefficient (Wildman–Crippen LogP) is 4.62. The Labute approximate surface area is 112 Å². The first-order chi connectivity index (χ1) is 8.53. The summed E-state index contributed by atoms with van der Waals surface area (Å²) < 4.78 is 27.2. The Hall–Kier alpha value is -0.970. The summed E-state index contributed by atoms with van der Waals surface area (Å²) in [5.41, 5.74) is 1.85. The van der Waals surface area contributed by atoms with E-state index in [1.165, 1.54) is 0 Å². The summed E-state index contributed by atoms with van der Waals surface area (Å²) in [6, 6.07) is 5.82. The predicted molar refractivity (Wildman–Crippen MR) is 69.9 cm³/mol. The lowest BCUT2D eigenvalue weighted by atomic mass is 9.86. The molecule has 1 heterocycles. The van der Waals surface area contributed by atoms with Gasteiger partial charge in [0.15, 0.2) is 0 Å². The zero-order chi connectivity index (χ0) is 12.8. The third kappa shape index (κ3) is 2.28. The summed E-state index contributed by atoms with van der Waals surface area (Å²) in [5, 5.41) is 0. The highest BCUT2D eigenvalue weighted by molar-refractivity contribution is 9.10. The molecule has 1 aromatic heterocycles. The number of nitrogens with zero attached hydrogens (tertiary/aromatic N) is 1. The minimum absolute atomic E-state index is 0.0294. The Morgan fingerprint density at radius 2 is 2.00 bits per heavy atom. The largest absolute Gasteiger partial charge is 0.342 e. The molecule has 1 N–H and O–H groups in total. The molecule has 0 bridgehead atoms. The van der Waals surface area contributed by atoms with E-state index in [0.29, 0.717) is 12.8 Å². The van der Waals surface area contributed by atoms with Crippen LogP contribution in [-0.2, 0) is 0 Å². The number of rotatable bonds is 1. The molecule has 1 aliphatic carbocycles. The van der Waals surface area contributed by atoms with Crippen LogP contribution in [0, 0.1) is 0 Å².